The molecule has 3 rings (SSSR count). The maximum Gasteiger partial charge on any atom is 0.167 e. The molecule has 1 aromatic carbocycles. The SMILES string of the molecule is CCc1ccc(C(=O)C2CC3CCC2N3)cc1. The Morgan fingerprint density at radius 3 is 2.59 bits per heavy atom. The number of hydrogen-bond donors (Lipinski definition) is 1. The van der Waals surface area contributed by atoms with Crippen LogP contribution in [0, 0.1) is 5.92 Å². The van der Waals surface area contributed by atoms with E-state index in [1.165, 1.54) is 18.4 Å². The van der Waals surface area contributed by atoms with Crippen molar-refractivity contribution < 1.29 is 4.79 Å². The number of fused-ring (bicyclic) bond motifs is 2. The van der Waals surface area contributed by atoms with Gasteiger partial charge in [-0.2, -0.15) is 0 Å². The molecule has 2 fully saturated rings. The third-order valence-electron chi connectivity index (χ3n) is 4.28. The zero-order valence-corrected chi connectivity index (χ0v) is 10.3. The number of carbonyl (C=O) groups excluding carboxylic acids is 1. The largest absolute Gasteiger partial charge is 0.310 e. The van der Waals surface area contributed by atoms with Crippen molar-refractivity contribution in [2.24, 2.45) is 5.92 Å². The zero-order chi connectivity index (χ0) is 11.8. The molecule has 2 saturated heterocycles. The van der Waals surface area contributed by atoms with E-state index in [9.17, 15) is 4.79 Å². The highest BCUT2D eigenvalue weighted by Crippen LogP contribution is 2.35. The van der Waals surface area contributed by atoms with Crippen LogP contribution in [-0.4, -0.2) is 17.9 Å². The zero-order valence-electron chi connectivity index (χ0n) is 10.3. The lowest BCUT2D eigenvalue weighted by atomic mass is 9.83. The Bertz CT molecular complexity index is 423. The second-order valence-corrected chi connectivity index (χ2v) is 5.30. The Hall–Kier alpha value is -1.15. The van der Waals surface area contributed by atoms with E-state index < -0.39 is 0 Å². The van der Waals surface area contributed by atoms with Gasteiger partial charge in [0.1, 0.15) is 0 Å². The molecule has 0 saturated carbocycles. The highest BCUT2D eigenvalue weighted by Gasteiger charge is 2.42. The molecule has 2 aliphatic heterocycles. The van der Waals surface area contributed by atoms with Crippen LogP contribution in [0.2, 0.25) is 0 Å². The van der Waals surface area contributed by atoms with Crippen molar-refractivity contribution in [2.75, 3.05) is 0 Å². The average molecular weight is 229 g/mol. The van der Waals surface area contributed by atoms with Gasteiger partial charge in [0, 0.05) is 23.6 Å². The minimum atomic E-state index is 0.223. The number of nitrogens with one attached hydrogen (secondary N) is 1. The first-order chi connectivity index (χ1) is 8.28. The van der Waals surface area contributed by atoms with Gasteiger partial charge in [-0.05, 0) is 31.2 Å². The van der Waals surface area contributed by atoms with E-state index in [-0.39, 0.29) is 5.92 Å². The van der Waals surface area contributed by atoms with Crippen molar-refractivity contribution in [3.05, 3.63) is 35.4 Å². The molecule has 2 bridgehead atoms. The van der Waals surface area contributed by atoms with Crippen molar-refractivity contribution in [3.8, 4) is 0 Å². The van der Waals surface area contributed by atoms with E-state index in [1.807, 2.05) is 12.1 Å². The van der Waals surface area contributed by atoms with Crippen LogP contribution in [0.25, 0.3) is 0 Å². The number of carbonyl (C=O) groups is 1. The number of ketones is 1. The molecule has 1 N–H and O–H groups in total. The molecule has 3 atom stereocenters. The molecule has 0 spiro atoms. The molecule has 3 unspecified atom stereocenters. The third kappa shape index (κ3) is 1.91. The molecule has 17 heavy (non-hydrogen) atoms. The molecule has 2 aliphatic rings. The maximum atomic E-state index is 12.4. The van der Waals surface area contributed by atoms with Gasteiger partial charge >= 0.3 is 0 Å². The summed E-state index contributed by atoms with van der Waals surface area (Å²) in [7, 11) is 0. The molecule has 2 heterocycles. The Kier molecular flexibility index (Phi) is 2.75. The number of Topliss-reactive ketones (excluding diaryl/α,β-unsaturated/α-hetero) is 1. The Morgan fingerprint density at radius 1 is 1.29 bits per heavy atom. The molecule has 0 aromatic heterocycles. The molecule has 2 nitrogen and oxygen atoms in total. The van der Waals surface area contributed by atoms with E-state index in [0.29, 0.717) is 17.9 Å². The van der Waals surface area contributed by atoms with Crippen molar-refractivity contribution in [1.82, 2.24) is 5.32 Å². The second kappa shape index (κ2) is 4.26. The standard InChI is InChI=1S/C15H19NO/c1-2-10-3-5-11(6-4-10)15(17)13-9-12-7-8-14(13)16-12/h3-6,12-14,16H,2,7-9H2,1H3. The lowest BCUT2D eigenvalue weighted by molar-refractivity contribution is 0.0901. The molecule has 0 aliphatic carbocycles. The summed E-state index contributed by atoms with van der Waals surface area (Å²) in [5.41, 5.74) is 2.19. The third-order valence-corrected chi connectivity index (χ3v) is 4.28. The summed E-state index contributed by atoms with van der Waals surface area (Å²) in [6.07, 6.45) is 4.50. The molecule has 0 amide bonds. The van der Waals surface area contributed by atoms with Crippen LogP contribution < -0.4 is 5.32 Å². The van der Waals surface area contributed by atoms with Crippen molar-refractivity contribution in [3.63, 3.8) is 0 Å². The van der Waals surface area contributed by atoms with Gasteiger partial charge in [0.05, 0.1) is 0 Å². The van der Waals surface area contributed by atoms with Crippen molar-refractivity contribution in [1.29, 1.82) is 0 Å². The Labute approximate surface area is 102 Å². The second-order valence-electron chi connectivity index (χ2n) is 5.30. The first-order valence-corrected chi connectivity index (χ1v) is 6.67. The van der Waals surface area contributed by atoms with Gasteiger partial charge in [0.15, 0.2) is 5.78 Å². The first kappa shape index (κ1) is 11.0. The molecule has 90 valence electrons. The Balaban J connectivity index is 1.77. The number of hydrogen-bond acceptors (Lipinski definition) is 2. The Morgan fingerprint density at radius 2 is 2.06 bits per heavy atom. The summed E-state index contributed by atoms with van der Waals surface area (Å²) >= 11 is 0. The predicted molar refractivity (Wildman–Crippen MR) is 68.2 cm³/mol. The van der Waals surface area contributed by atoms with E-state index >= 15 is 0 Å². The van der Waals surface area contributed by atoms with E-state index in [2.05, 4.69) is 24.4 Å². The fourth-order valence-corrected chi connectivity index (χ4v) is 3.23. The summed E-state index contributed by atoms with van der Waals surface area (Å²) in [6, 6.07) is 9.18. The van der Waals surface area contributed by atoms with E-state index in [4.69, 9.17) is 0 Å². The highest BCUT2D eigenvalue weighted by molar-refractivity contribution is 5.98. The van der Waals surface area contributed by atoms with Crippen LogP contribution in [0.5, 0.6) is 0 Å². The first-order valence-electron chi connectivity index (χ1n) is 6.67. The van der Waals surface area contributed by atoms with Gasteiger partial charge in [0.2, 0.25) is 0 Å². The minimum Gasteiger partial charge on any atom is -0.310 e. The van der Waals surface area contributed by atoms with Crippen LogP contribution in [0.15, 0.2) is 24.3 Å². The maximum absolute atomic E-state index is 12.4. The van der Waals surface area contributed by atoms with Crippen LogP contribution in [0.3, 0.4) is 0 Å². The summed E-state index contributed by atoms with van der Waals surface area (Å²) in [5, 5.41) is 3.53. The smallest absolute Gasteiger partial charge is 0.167 e. The van der Waals surface area contributed by atoms with Gasteiger partial charge in [-0.25, -0.2) is 0 Å². The monoisotopic (exact) mass is 229 g/mol. The van der Waals surface area contributed by atoms with Crippen LogP contribution in [0.4, 0.5) is 0 Å². The topological polar surface area (TPSA) is 29.1 Å². The van der Waals surface area contributed by atoms with E-state index in [0.717, 1.165) is 18.4 Å². The summed E-state index contributed by atoms with van der Waals surface area (Å²) in [6.45, 7) is 2.14. The quantitative estimate of drug-likeness (QED) is 0.807. The van der Waals surface area contributed by atoms with Crippen molar-refractivity contribution >= 4 is 5.78 Å². The summed E-state index contributed by atoms with van der Waals surface area (Å²) < 4.78 is 0. The summed E-state index contributed by atoms with van der Waals surface area (Å²) in [5.74, 6) is 0.563. The van der Waals surface area contributed by atoms with E-state index in [1.54, 1.807) is 0 Å². The number of aryl methyl sites for hydroxylation is 1. The number of rotatable bonds is 3. The molecular weight excluding hydrogens is 210 g/mol. The fourth-order valence-electron chi connectivity index (χ4n) is 3.23. The molecule has 1 aromatic rings. The number of benzene rings is 1. The van der Waals surface area contributed by atoms with Gasteiger partial charge in [0.25, 0.3) is 0 Å². The van der Waals surface area contributed by atoms with Crippen LogP contribution in [-0.2, 0) is 6.42 Å². The lowest BCUT2D eigenvalue weighted by Crippen LogP contribution is -2.28. The van der Waals surface area contributed by atoms with Crippen LogP contribution >= 0.6 is 0 Å². The normalized spacial score (nSPS) is 30.8. The van der Waals surface area contributed by atoms with Gasteiger partial charge in [-0.3, -0.25) is 4.79 Å². The van der Waals surface area contributed by atoms with Gasteiger partial charge in [-0.15, -0.1) is 0 Å². The molecular formula is C15H19NO. The lowest BCUT2D eigenvalue weighted by Gasteiger charge is -2.18. The minimum absolute atomic E-state index is 0.223. The highest BCUT2D eigenvalue weighted by atomic mass is 16.1. The molecule has 2 heteroatoms. The molecule has 0 radical (unpaired) electrons. The predicted octanol–water partition coefficient (Wildman–Crippen LogP) is 2.57. The van der Waals surface area contributed by atoms with Gasteiger partial charge in [-0.1, -0.05) is 31.2 Å². The fraction of sp³-hybridized carbons (Fsp3) is 0.533. The average Bonchev–Trinajstić information content (AvgIpc) is 3.00. The summed E-state index contributed by atoms with van der Waals surface area (Å²) in [4.78, 5) is 12.4. The van der Waals surface area contributed by atoms with Crippen molar-refractivity contribution in [2.45, 2.75) is 44.7 Å². The van der Waals surface area contributed by atoms with Crippen LogP contribution in [0.1, 0.15) is 42.1 Å². The van der Waals surface area contributed by atoms with Gasteiger partial charge < -0.3 is 5.32 Å².